The van der Waals surface area contributed by atoms with Crippen LogP contribution < -0.4 is 10.9 Å². The van der Waals surface area contributed by atoms with Crippen LogP contribution in [0.2, 0.25) is 0 Å². The molecule has 0 fully saturated rings. The quantitative estimate of drug-likeness (QED) is 0.847. The van der Waals surface area contributed by atoms with Crippen molar-refractivity contribution in [2.45, 2.75) is 28.5 Å². The summed E-state index contributed by atoms with van der Waals surface area (Å²) in [4.78, 5) is 1.71. The highest BCUT2D eigenvalue weighted by Crippen LogP contribution is 2.36. The number of anilines is 1. The van der Waals surface area contributed by atoms with Gasteiger partial charge in [0.15, 0.2) is 0 Å². The Balaban J connectivity index is 2.53. The minimum Gasteiger partial charge on any atom is -0.468 e. The van der Waals surface area contributed by atoms with E-state index in [1.165, 1.54) is 17.8 Å². The molecule has 4 N–H and O–H groups in total. The number of rotatable bonds is 3. The number of furan rings is 1. The first-order chi connectivity index (χ1) is 8.79. The Kier molecular flexibility index (Phi) is 3.62. The maximum Gasteiger partial charge on any atom is 0.238 e. The molecule has 7 heteroatoms. The normalized spacial score (nSPS) is 11.7. The van der Waals surface area contributed by atoms with Crippen molar-refractivity contribution in [1.82, 2.24) is 0 Å². The average molecular weight is 298 g/mol. The smallest absolute Gasteiger partial charge is 0.238 e. The van der Waals surface area contributed by atoms with Crippen molar-refractivity contribution >= 4 is 27.5 Å². The van der Waals surface area contributed by atoms with Gasteiger partial charge in [-0.2, -0.15) is 0 Å². The minimum atomic E-state index is -3.78. The summed E-state index contributed by atoms with van der Waals surface area (Å²) < 4.78 is 28.3. The molecule has 0 amide bonds. The molecule has 1 heterocycles. The maximum absolute atomic E-state index is 11.5. The Morgan fingerprint density at radius 1 is 1.21 bits per heavy atom. The Labute approximate surface area is 116 Å². The van der Waals surface area contributed by atoms with Crippen molar-refractivity contribution < 1.29 is 12.8 Å². The highest BCUT2D eigenvalue weighted by molar-refractivity contribution is 7.99. The topological polar surface area (TPSA) is 99.3 Å². The van der Waals surface area contributed by atoms with Gasteiger partial charge in [-0.25, -0.2) is 13.6 Å². The first kappa shape index (κ1) is 14.0. The molecule has 2 rings (SSSR count). The standard InChI is InChI=1S/C12H14N2O3S2/c1-7-11(18-10-3-4-17-8(10)2)5-9(13)6-12(7)19(14,15)16/h3-6H,13H2,1-2H3,(H2,14,15,16). The first-order valence-corrected chi connectivity index (χ1v) is 7.80. The van der Waals surface area contributed by atoms with E-state index in [4.69, 9.17) is 15.3 Å². The van der Waals surface area contributed by atoms with Crippen LogP contribution in [0, 0.1) is 13.8 Å². The van der Waals surface area contributed by atoms with Crippen LogP contribution in [0.5, 0.6) is 0 Å². The fourth-order valence-corrected chi connectivity index (χ4v) is 3.59. The number of sulfonamides is 1. The van der Waals surface area contributed by atoms with Gasteiger partial charge >= 0.3 is 0 Å². The summed E-state index contributed by atoms with van der Waals surface area (Å²) in [5, 5.41) is 5.19. The van der Waals surface area contributed by atoms with Gasteiger partial charge in [0.25, 0.3) is 0 Å². The van der Waals surface area contributed by atoms with Crippen molar-refractivity contribution in [1.29, 1.82) is 0 Å². The lowest BCUT2D eigenvalue weighted by Gasteiger charge is -2.10. The van der Waals surface area contributed by atoms with Crippen LogP contribution >= 0.6 is 11.8 Å². The third-order valence-electron chi connectivity index (χ3n) is 2.67. The maximum atomic E-state index is 11.5. The van der Waals surface area contributed by atoms with Crippen LogP contribution in [-0.4, -0.2) is 8.42 Å². The van der Waals surface area contributed by atoms with E-state index in [1.807, 2.05) is 13.0 Å². The second-order valence-corrected chi connectivity index (χ2v) is 6.74. The first-order valence-electron chi connectivity index (χ1n) is 5.44. The van der Waals surface area contributed by atoms with E-state index in [-0.39, 0.29) is 4.90 Å². The highest BCUT2D eigenvalue weighted by atomic mass is 32.2. The van der Waals surface area contributed by atoms with Crippen molar-refractivity contribution in [3.8, 4) is 0 Å². The van der Waals surface area contributed by atoms with Crippen molar-refractivity contribution in [2.75, 3.05) is 5.73 Å². The lowest BCUT2D eigenvalue weighted by atomic mass is 10.2. The predicted molar refractivity (Wildman–Crippen MR) is 74.5 cm³/mol. The summed E-state index contributed by atoms with van der Waals surface area (Å²) >= 11 is 1.40. The molecule has 19 heavy (non-hydrogen) atoms. The summed E-state index contributed by atoms with van der Waals surface area (Å²) in [6, 6.07) is 4.91. The van der Waals surface area contributed by atoms with Gasteiger partial charge in [0.1, 0.15) is 5.76 Å². The van der Waals surface area contributed by atoms with Gasteiger partial charge in [-0.15, -0.1) is 0 Å². The van der Waals surface area contributed by atoms with Crippen molar-refractivity contribution in [3.05, 3.63) is 35.8 Å². The number of hydrogen-bond acceptors (Lipinski definition) is 5. The fourth-order valence-electron chi connectivity index (χ4n) is 1.68. The summed E-state index contributed by atoms with van der Waals surface area (Å²) in [5.74, 6) is 0.768. The SMILES string of the molecule is Cc1occc1Sc1cc(N)cc(S(N)(=O)=O)c1C. The van der Waals surface area contributed by atoms with E-state index in [0.29, 0.717) is 11.3 Å². The Bertz CT molecular complexity index is 721. The average Bonchev–Trinajstić information content (AvgIpc) is 2.68. The number of nitrogens with two attached hydrogens (primary N) is 2. The molecular weight excluding hydrogens is 284 g/mol. The molecule has 0 saturated heterocycles. The molecule has 0 aliphatic carbocycles. The lowest BCUT2D eigenvalue weighted by molar-refractivity contribution is 0.527. The predicted octanol–water partition coefficient (Wildman–Crippen LogP) is 2.28. The highest BCUT2D eigenvalue weighted by Gasteiger charge is 2.17. The van der Waals surface area contributed by atoms with Gasteiger partial charge in [-0.1, -0.05) is 11.8 Å². The molecule has 0 aliphatic heterocycles. The van der Waals surface area contributed by atoms with Crippen molar-refractivity contribution in [3.63, 3.8) is 0 Å². The molecule has 0 aliphatic rings. The van der Waals surface area contributed by atoms with Crippen LogP contribution in [0.3, 0.4) is 0 Å². The second kappa shape index (κ2) is 4.92. The van der Waals surface area contributed by atoms with Crippen molar-refractivity contribution in [2.24, 2.45) is 5.14 Å². The van der Waals surface area contributed by atoms with Crippen LogP contribution in [0.25, 0.3) is 0 Å². The lowest BCUT2D eigenvalue weighted by Crippen LogP contribution is -2.14. The second-order valence-electron chi connectivity index (χ2n) is 4.13. The van der Waals surface area contributed by atoms with E-state index in [9.17, 15) is 8.42 Å². The third kappa shape index (κ3) is 2.94. The van der Waals surface area contributed by atoms with Gasteiger partial charge in [-0.05, 0) is 37.6 Å². The zero-order chi connectivity index (χ0) is 14.2. The van der Waals surface area contributed by atoms with Gasteiger partial charge in [0.05, 0.1) is 16.1 Å². The molecule has 0 unspecified atom stereocenters. The van der Waals surface area contributed by atoms with Crippen LogP contribution in [0.15, 0.2) is 43.6 Å². The van der Waals surface area contributed by atoms with E-state index >= 15 is 0 Å². The van der Waals surface area contributed by atoms with Gasteiger partial charge in [0, 0.05) is 10.6 Å². The van der Waals surface area contributed by atoms with Crippen LogP contribution in [0.1, 0.15) is 11.3 Å². The molecular formula is C12H14N2O3S2. The summed E-state index contributed by atoms with van der Waals surface area (Å²) in [6.07, 6.45) is 1.58. The number of hydrogen-bond donors (Lipinski definition) is 2. The number of aryl methyl sites for hydroxylation is 1. The summed E-state index contributed by atoms with van der Waals surface area (Å²) in [7, 11) is -3.78. The minimum absolute atomic E-state index is 0.0520. The number of benzene rings is 1. The largest absolute Gasteiger partial charge is 0.468 e. The third-order valence-corrected chi connectivity index (χ3v) is 5.00. The van der Waals surface area contributed by atoms with Gasteiger partial charge in [-0.3, -0.25) is 0 Å². The summed E-state index contributed by atoms with van der Waals surface area (Å²) in [5.41, 5.74) is 6.68. The van der Waals surface area contributed by atoms with Gasteiger partial charge < -0.3 is 10.2 Å². The monoisotopic (exact) mass is 298 g/mol. The molecule has 0 atom stereocenters. The number of nitrogen functional groups attached to an aromatic ring is 1. The van der Waals surface area contributed by atoms with Crippen LogP contribution in [0.4, 0.5) is 5.69 Å². The molecule has 0 radical (unpaired) electrons. The van der Waals surface area contributed by atoms with E-state index < -0.39 is 10.0 Å². The molecule has 1 aromatic heterocycles. The Morgan fingerprint density at radius 2 is 1.89 bits per heavy atom. The van der Waals surface area contributed by atoms with Crippen LogP contribution in [-0.2, 0) is 10.0 Å². The zero-order valence-corrected chi connectivity index (χ0v) is 12.1. The van der Waals surface area contributed by atoms with E-state index in [0.717, 1.165) is 15.6 Å². The zero-order valence-electron chi connectivity index (χ0n) is 10.5. The molecule has 1 aromatic carbocycles. The molecule has 2 aromatic rings. The fraction of sp³-hybridized carbons (Fsp3) is 0.167. The Hall–Kier alpha value is -1.44. The van der Waals surface area contributed by atoms with E-state index in [1.54, 1.807) is 19.3 Å². The molecule has 0 bridgehead atoms. The molecule has 0 saturated carbocycles. The Morgan fingerprint density at radius 3 is 2.42 bits per heavy atom. The molecule has 0 spiro atoms. The van der Waals surface area contributed by atoms with E-state index in [2.05, 4.69) is 0 Å². The number of primary sulfonamides is 1. The molecule has 102 valence electrons. The summed E-state index contributed by atoms with van der Waals surface area (Å²) in [6.45, 7) is 3.54. The molecule has 5 nitrogen and oxygen atoms in total. The van der Waals surface area contributed by atoms with Gasteiger partial charge in [0.2, 0.25) is 10.0 Å².